The lowest BCUT2D eigenvalue weighted by Crippen LogP contribution is -2.41. The third-order valence-corrected chi connectivity index (χ3v) is 2.95. The van der Waals surface area contributed by atoms with Gasteiger partial charge in [-0.3, -0.25) is 15.1 Å². The van der Waals surface area contributed by atoms with Crippen molar-refractivity contribution in [3.63, 3.8) is 0 Å². The minimum Gasteiger partial charge on any atom is -0.444 e. The van der Waals surface area contributed by atoms with Crippen molar-refractivity contribution in [2.45, 2.75) is 6.10 Å². The molecule has 1 heterocycles. The molecule has 118 valence electrons. The van der Waals surface area contributed by atoms with E-state index in [9.17, 15) is 14.4 Å². The van der Waals surface area contributed by atoms with Gasteiger partial charge < -0.3 is 10.1 Å². The van der Waals surface area contributed by atoms with E-state index in [1.165, 1.54) is 31.6 Å². The molecule has 0 spiro atoms. The maximum absolute atomic E-state index is 12.2. The van der Waals surface area contributed by atoms with Crippen LogP contribution in [0.4, 0.5) is 4.79 Å². The lowest BCUT2D eigenvalue weighted by molar-refractivity contribution is -0.129. The first-order valence-electron chi connectivity index (χ1n) is 6.80. The number of aromatic nitrogens is 1. The molecule has 1 aromatic carbocycles. The molecule has 0 aliphatic carbocycles. The Morgan fingerprint density at radius 1 is 1.04 bits per heavy atom. The Balaban J connectivity index is 2.22. The number of nitrogens with zero attached hydrogens (tertiary/aromatic N) is 1. The fourth-order valence-electron chi connectivity index (χ4n) is 1.80. The van der Waals surface area contributed by atoms with Crippen molar-refractivity contribution in [1.29, 1.82) is 0 Å². The molecule has 0 saturated carbocycles. The number of carbonyl (C=O) groups is 3. The Bertz CT molecular complexity index is 689. The first-order chi connectivity index (χ1) is 11.1. The van der Waals surface area contributed by atoms with Crippen LogP contribution in [0.15, 0.2) is 54.9 Å². The summed E-state index contributed by atoms with van der Waals surface area (Å²) in [5.74, 6) is -1.42. The van der Waals surface area contributed by atoms with Crippen LogP contribution in [-0.2, 0) is 9.53 Å². The van der Waals surface area contributed by atoms with E-state index < -0.39 is 24.0 Å². The number of carbonyl (C=O) groups excluding carboxylic acids is 3. The fraction of sp³-hybridized carbons (Fsp3) is 0.125. The van der Waals surface area contributed by atoms with Gasteiger partial charge in [0.15, 0.2) is 0 Å². The summed E-state index contributed by atoms with van der Waals surface area (Å²) >= 11 is 0. The zero-order valence-corrected chi connectivity index (χ0v) is 12.4. The molecule has 3 amide bonds. The van der Waals surface area contributed by atoms with Crippen molar-refractivity contribution in [3.05, 3.63) is 66.0 Å². The Morgan fingerprint density at radius 3 is 2.30 bits per heavy atom. The van der Waals surface area contributed by atoms with Gasteiger partial charge in [0.1, 0.15) is 0 Å². The van der Waals surface area contributed by atoms with Crippen molar-refractivity contribution in [1.82, 2.24) is 15.6 Å². The van der Waals surface area contributed by atoms with Crippen molar-refractivity contribution >= 4 is 17.9 Å². The Morgan fingerprint density at radius 2 is 1.70 bits per heavy atom. The van der Waals surface area contributed by atoms with Crippen LogP contribution >= 0.6 is 0 Å². The summed E-state index contributed by atoms with van der Waals surface area (Å²) in [6.45, 7) is 0. The van der Waals surface area contributed by atoms with Crippen LogP contribution in [-0.4, -0.2) is 29.9 Å². The van der Waals surface area contributed by atoms with Crippen LogP contribution in [0.25, 0.3) is 0 Å². The molecule has 7 heteroatoms. The second kappa shape index (κ2) is 7.69. The zero-order valence-electron chi connectivity index (χ0n) is 12.4. The molecule has 0 aliphatic heterocycles. The average Bonchev–Trinajstić information content (AvgIpc) is 2.60. The number of urea groups is 1. The SMILES string of the molecule is CNC(=O)NC(=O)[C@@H](OC(=O)c1ccncc1)c1ccccc1. The molecule has 0 fully saturated rings. The van der Waals surface area contributed by atoms with Crippen molar-refractivity contribution in [3.8, 4) is 0 Å². The smallest absolute Gasteiger partial charge is 0.339 e. The van der Waals surface area contributed by atoms with Gasteiger partial charge in [-0.15, -0.1) is 0 Å². The summed E-state index contributed by atoms with van der Waals surface area (Å²) < 4.78 is 5.27. The van der Waals surface area contributed by atoms with Crippen molar-refractivity contribution in [2.75, 3.05) is 7.05 Å². The summed E-state index contributed by atoms with van der Waals surface area (Å²) in [7, 11) is 1.38. The zero-order chi connectivity index (χ0) is 16.7. The van der Waals surface area contributed by atoms with Crippen molar-refractivity contribution in [2.24, 2.45) is 0 Å². The highest BCUT2D eigenvalue weighted by Crippen LogP contribution is 2.19. The van der Waals surface area contributed by atoms with Crippen LogP contribution in [0, 0.1) is 0 Å². The summed E-state index contributed by atoms with van der Waals surface area (Å²) in [5.41, 5.74) is 0.713. The standard InChI is InChI=1S/C16H15N3O4/c1-17-16(22)19-14(20)13(11-5-3-2-4-6-11)23-15(21)12-7-9-18-10-8-12/h2-10,13H,1H3,(H2,17,19,20,22)/t13-/m0/s1. The van der Waals surface area contributed by atoms with Gasteiger partial charge in [-0.2, -0.15) is 0 Å². The number of amides is 3. The number of hydrogen-bond donors (Lipinski definition) is 2. The predicted octanol–water partition coefficient (Wildman–Crippen LogP) is 1.44. The van der Waals surface area contributed by atoms with Crippen LogP contribution in [0.2, 0.25) is 0 Å². The molecular weight excluding hydrogens is 298 g/mol. The minimum absolute atomic E-state index is 0.258. The number of rotatable bonds is 4. The Labute approximate surface area is 132 Å². The van der Waals surface area contributed by atoms with E-state index in [-0.39, 0.29) is 5.56 Å². The lowest BCUT2D eigenvalue weighted by atomic mass is 10.1. The van der Waals surface area contributed by atoms with Crippen LogP contribution in [0.5, 0.6) is 0 Å². The van der Waals surface area contributed by atoms with Gasteiger partial charge in [0.25, 0.3) is 5.91 Å². The third-order valence-electron chi connectivity index (χ3n) is 2.95. The first-order valence-corrected chi connectivity index (χ1v) is 6.80. The molecule has 0 aliphatic rings. The number of esters is 1. The molecule has 0 unspecified atom stereocenters. The molecule has 2 aromatic rings. The molecule has 0 bridgehead atoms. The van der Waals surface area contributed by atoms with Gasteiger partial charge in [-0.1, -0.05) is 30.3 Å². The maximum atomic E-state index is 12.2. The van der Waals surface area contributed by atoms with Crippen molar-refractivity contribution < 1.29 is 19.1 Å². The second-order valence-electron chi connectivity index (χ2n) is 4.50. The molecule has 1 aromatic heterocycles. The quantitative estimate of drug-likeness (QED) is 0.832. The van der Waals surface area contributed by atoms with Gasteiger partial charge in [0.05, 0.1) is 5.56 Å². The van der Waals surface area contributed by atoms with E-state index in [0.29, 0.717) is 5.56 Å². The normalized spacial score (nSPS) is 11.2. The number of nitrogens with one attached hydrogen (secondary N) is 2. The second-order valence-corrected chi connectivity index (χ2v) is 4.50. The maximum Gasteiger partial charge on any atom is 0.339 e. The molecule has 1 atom stereocenters. The van der Waals surface area contributed by atoms with E-state index in [1.807, 2.05) is 0 Å². The molecule has 2 N–H and O–H groups in total. The molecule has 0 saturated heterocycles. The summed E-state index contributed by atoms with van der Waals surface area (Å²) in [6, 6.07) is 10.7. The van der Waals surface area contributed by atoms with Gasteiger partial charge >= 0.3 is 12.0 Å². The monoisotopic (exact) mass is 313 g/mol. The highest BCUT2D eigenvalue weighted by molar-refractivity contribution is 5.99. The van der Waals surface area contributed by atoms with E-state index >= 15 is 0 Å². The molecule has 7 nitrogen and oxygen atoms in total. The number of pyridine rings is 1. The summed E-state index contributed by atoms with van der Waals surface area (Å²) in [5, 5.41) is 4.37. The predicted molar refractivity (Wildman–Crippen MR) is 81.4 cm³/mol. The summed E-state index contributed by atoms with van der Waals surface area (Å²) in [6.07, 6.45) is 1.64. The van der Waals surface area contributed by atoms with E-state index in [4.69, 9.17) is 4.74 Å². The molecule has 23 heavy (non-hydrogen) atoms. The Kier molecular flexibility index (Phi) is 5.40. The van der Waals surface area contributed by atoms with E-state index in [2.05, 4.69) is 15.6 Å². The van der Waals surface area contributed by atoms with Gasteiger partial charge in [0.2, 0.25) is 6.10 Å². The number of benzene rings is 1. The van der Waals surface area contributed by atoms with Gasteiger partial charge in [-0.25, -0.2) is 9.59 Å². The fourth-order valence-corrected chi connectivity index (χ4v) is 1.80. The molecule has 2 rings (SSSR count). The minimum atomic E-state index is -1.24. The molecular formula is C16H15N3O4. The number of hydrogen-bond acceptors (Lipinski definition) is 5. The van der Waals surface area contributed by atoms with Crippen LogP contribution in [0.1, 0.15) is 22.0 Å². The Hall–Kier alpha value is -3.22. The largest absolute Gasteiger partial charge is 0.444 e. The average molecular weight is 313 g/mol. The summed E-state index contributed by atoms with van der Waals surface area (Å²) in [4.78, 5) is 39.5. The number of imide groups is 1. The first kappa shape index (κ1) is 16.2. The van der Waals surface area contributed by atoms with E-state index in [0.717, 1.165) is 0 Å². The van der Waals surface area contributed by atoms with E-state index in [1.54, 1.807) is 30.3 Å². The molecule has 0 radical (unpaired) electrons. The topological polar surface area (TPSA) is 97.4 Å². The van der Waals surface area contributed by atoms with Crippen LogP contribution < -0.4 is 10.6 Å². The lowest BCUT2D eigenvalue weighted by Gasteiger charge is -2.17. The van der Waals surface area contributed by atoms with Gasteiger partial charge in [-0.05, 0) is 12.1 Å². The highest BCUT2D eigenvalue weighted by atomic mass is 16.5. The highest BCUT2D eigenvalue weighted by Gasteiger charge is 2.26. The van der Waals surface area contributed by atoms with Gasteiger partial charge in [0, 0.05) is 25.0 Å². The number of ether oxygens (including phenoxy) is 1. The third kappa shape index (κ3) is 4.37. The van der Waals surface area contributed by atoms with Crippen LogP contribution in [0.3, 0.4) is 0 Å².